The van der Waals surface area contributed by atoms with E-state index in [1.165, 1.54) is 63.4 Å². The molecule has 0 fully saturated rings. The Morgan fingerprint density at radius 1 is 0.818 bits per heavy atom. The molecule has 2 unspecified atom stereocenters. The molecule has 0 aromatic heterocycles. The molecule has 0 saturated carbocycles. The molecule has 1 rings (SSSR count). The van der Waals surface area contributed by atoms with Gasteiger partial charge in [-0.1, -0.05) is 82.7 Å². The number of hydrogen-bond donors (Lipinski definition) is 1. The Morgan fingerprint density at radius 3 is 2.18 bits per heavy atom. The fourth-order valence-electron chi connectivity index (χ4n) is 3.60. The smallest absolute Gasteiger partial charge is 0.0433 e. The van der Waals surface area contributed by atoms with Gasteiger partial charge in [-0.05, 0) is 43.1 Å². The van der Waals surface area contributed by atoms with Crippen LogP contribution in [0, 0.1) is 11.8 Å². The van der Waals surface area contributed by atoms with Crippen molar-refractivity contribution < 1.29 is 5.11 Å². The molecule has 1 aromatic rings. The van der Waals surface area contributed by atoms with E-state index in [0.717, 1.165) is 18.3 Å². The molecule has 1 heteroatoms. The molecule has 1 aromatic carbocycles. The first kappa shape index (κ1) is 19.2. The van der Waals surface area contributed by atoms with Crippen LogP contribution in [0.3, 0.4) is 0 Å². The van der Waals surface area contributed by atoms with E-state index in [4.69, 9.17) is 0 Å². The second-order valence-corrected chi connectivity index (χ2v) is 6.67. The molecule has 0 aliphatic carbocycles. The molecule has 0 aliphatic rings. The monoisotopic (exact) mass is 304 g/mol. The molecule has 0 spiro atoms. The van der Waals surface area contributed by atoms with Crippen LogP contribution in [0.1, 0.15) is 77.2 Å². The Bertz CT molecular complexity index is 346. The summed E-state index contributed by atoms with van der Waals surface area (Å²) in [5.41, 5.74) is 1.46. The zero-order valence-electron chi connectivity index (χ0n) is 14.8. The van der Waals surface area contributed by atoms with E-state index in [9.17, 15) is 5.11 Å². The molecule has 0 saturated heterocycles. The number of hydrogen-bond acceptors (Lipinski definition) is 1. The van der Waals surface area contributed by atoms with E-state index >= 15 is 0 Å². The lowest BCUT2D eigenvalue weighted by Gasteiger charge is -2.26. The third-order valence-electron chi connectivity index (χ3n) is 5.00. The Hall–Kier alpha value is -0.820. The maximum absolute atomic E-state index is 9.39. The van der Waals surface area contributed by atoms with Gasteiger partial charge in [0.15, 0.2) is 0 Å². The molecule has 22 heavy (non-hydrogen) atoms. The van der Waals surface area contributed by atoms with Crippen molar-refractivity contribution in [1.82, 2.24) is 0 Å². The fraction of sp³-hybridized carbons (Fsp3) is 0.714. The van der Waals surface area contributed by atoms with Gasteiger partial charge in [-0.25, -0.2) is 0 Å². The van der Waals surface area contributed by atoms with Crippen molar-refractivity contribution in [2.24, 2.45) is 11.8 Å². The molecule has 0 radical (unpaired) electrons. The fourth-order valence-corrected chi connectivity index (χ4v) is 3.60. The molecule has 1 nitrogen and oxygen atoms in total. The summed E-state index contributed by atoms with van der Waals surface area (Å²) in [6, 6.07) is 10.8. The molecule has 2 atom stereocenters. The highest BCUT2D eigenvalue weighted by Gasteiger charge is 2.18. The molecule has 126 valence electrons. The summed E-state index contributed by atoms with van der Waals surface area (Å²) >= 11 is 0. The van der Waals surface area contributed by atoms with Crippen LogP contribution in [0.25, 0.3) is 0 Å². The Kier molecular flexibility index (Phi) is 11.1. The lowest BCUT2D eigenvalue weighted by molar-refractivity contribution is 0.195. The summed E-state index contributed by atoms with van der Waals surface area (Å²) in [5.74, 6) is 1.51. The first-order valence-electron chi connectivity index (χ1n) is 9.46. The highest BCUT2D eigenvalue weighted by Crippen LogP contribution is 2.29. The van der Waals surface area contributed by atoms with Gasteiger partial charge in [-0.2, -0.15) is 0 Å². The number of rotatable bonds is 13. The van der Waals surface area contributed by atoms with Crippen molar-refractivity contribution in [3.05, 3.63) is 35.9 Å². The first-order chi connectivity index (χ1) is 10.8. The topological polar surface area (TPSA) is 20.2 Å². The van der Waals surface area contributed by atoms with Crippen molar-refractivity contribution in [2.45, 2.75) is 78.1 Å². The van der Waals surface area contributed by atoms with Gasteiger partial charge >= 0.3 is 0 Å². The third-order valence-corrected chi connectivity index (χ3v) is 5.00. The molecular weight excluding hydrogens is 268 g/mol. The number of aliphatic hydroxyl groups excluding tert-OH is 1. The Labute approximate surface area is 138 Å². The van der Waals surface area contributed by atoms with Crippen LogP contribution in [0.15, 0.2) is 30.3 Å². The van der Waals surface area contributed by atoms with E-state index < -0.39 is 0 Å². The maximum Gasteiger partial charge on any atom is 0.0433 e. The predicted molar refractivity (Wildman–Crippen MR) is 97.1 cm³/mol. The second-order valence-electron chi connectivity index (χ2n) is 6.67. The van der Waals surface area contributed by atoms with Gasteiger partial charge in [0, 0.05) is 6.61 Å². The number of aryl methyl sites for hydroxylation is 1. The molecule has 1 N–H and O–H groups in total. The highest BCUT2D eigenvalue weighted by molar-refractivity contribution is 5.14. The van der Waals surface area contributed by atoms with Crippen molar-refractivity contribution >= 4 is 0 Å². The summed E-state index contributed by atoms with van der Waals surface area (Å²) < 4.78 is 0. The minimum Gasteiger partial charge on any atom is -0.396 e. The van der Waals surface area contributed by atoms with Crippen molar-refractivity contribution in [2.75, 3.05) is 6.61 Å². The van der Waals surface area contributed by atoms with Crippen LogP contribution in [-0.2, 0) is 6.42 Å². The van der Waals surface area contributed by atoms with Gasteiger partial charge in [0.25, 0.3) is 0 Å². The van der Waals surface area contributed by atoms with Crippen LogP contribution >= 0.6 is 0 Å². The molecule has 0 aliphatic heterocycles. The average Bonchev–Trinajstić information content (AvgIpc) is 2.56. The van der Waals surface area contributed by atoms with Gasteiger partial charge in [-0.15, -0.1) is 0 Å². The minimum absolute atomic E-state index is 0.355. The SMILES string of the molecule is CCCCCCC(CCO)C(CC)CCCc1ccccc1. The summed E-state index contributed by atoms with van der Waals surface area (Å²) in [6.07, 6.45) is 12.7. The molecule has 0 amide bonds. The maximum atomic E-state index is 9.39. The van der Waals surface area contributed by atoms with Crippen LogP contribution in [0.2, 0.25) is 0 Å². The van der Waals surface area contributed by atoms with Gasteiger partial charge < -0.3 is 5.11 Å². The first-order valence-corrected chi connectivity index (χ1v) is 9.46. The van der Waals surface area contributed by atoms with Crippen LogP contribution in [0.5, 0.6) is 0 Å². The summed E-state index contributed by atoms with van der Waals surface area (Å²) in [5, 5.41) is 9.39. The Morgan fingerprint density at radius 2 is 1.55 bits per heavy atom. The van der Waals surface area contributed by atoms with Gasteiger partial charge in [0.2, 0.25) is 0 Å². The van der Waals surface area contributed by atoms with Crippen molar-refractivity contribution in [1.29, 1.82) is 0 Å². The standard InChI is InChI=1S/C21H36O/c1-3-5-6-10-15-21(17-18-22)20(4-2)16-11-14-19-12-8-7-9-13-19/h7-9,12-13,20-22H,3-6,10-11,14-18H2,1-2H3. The van der Waals surface area contributed by atoms with Crippen LogP contribution in [0.4, 0.5) is 0 Å². The van der Waals surface area contributed by atoms with Gasteiger partial charge in [0.05, 0.1) is 0 Å². The zero-order valence-corrected chi connectivity index (χ0v) is 14.8. The number of benzene rings is 1. The largest absolute Gasteiger partial charge is 0.396 e. The normalized spacial score (nSPS) is 14.0. The van der Waals surface area contributed by atoms with E-state index in [2.05, 4.69) is 44.2 Å². The summed E-state index contributed by atoms with van der Waals surface area (Å²) in [4.78, 5) is 0. The van der Waals surface area contributed by atoms with E-state index in [-0.39, 0.29) is 0 Å². The molecule has 0 heterocycles. The van der Waals surface area contributed by atoms with Gasteiger partial charge in [-0.3, -0.25) is 0 Å². The highest BCUT2D eigenvalue weighted by atomic mass is 16.3. The molecular formula is C21H36O. The van der Waals surface area contributed by atoms with E-state index in [1.807, 2.05) is 0 Å². The lowest BCUT2D eigenvalue weighted by atomic mass is 9.80. The average molecular weight is 305 g/mol. The molecule has 0 bridgehead atoms. The third kappa shape index (κ3) is 7.98. The second kappa shape index (κ2) is 12.7. The lowest BCUT2D eigenvalue weighted by Crippen LogP contribution is -2.16. The van der Waals surface area contributed by atoms with Crippen molar-refractivity contribution in [3.8, 4) is 0 Å². The van der Waals surface area contributed by atoms with E-state index in [1.54, 1.807) is 0 Å². The van der Waals surface area contributed by atoms with Gasteiger partial charge in [0.1, 0.15) is 0 Å². The summed E-state index contributed by atoms with van der Waals surface area (Å²) in [6.45, 7) is 4.95. The van der Waals surface area contributed by atoms with E-state index in [0.29, 0.717) is 6.61 Å². The minimum atomic E-state index is 0.355. The van der Waals surface area contributed by atoms with Crippen molar-refractivity contribution in [3.63, 3.8) is 0 Å². The zero-order chi connectivity index (χ0) is 16.0. The van der Waals surface area contributed by atoms with Crippen LogP contribution < -0.4 is 0 Å². The number of aliphatic hydroxyl groups is 1. The van der Waals surface area contributed by atoms with Crippen LogP contribution in [-0.4, -0.2) is 11.7 Å². The summed E-state index contributed by atoms with van der Waals surface area (Å²) in [7, 11) is 0. The quantitative estimate of drug-likeness (QED) is 0.443. The predicted octanol–water partition coefficient (Wildman–Crippen LogP) is 6.00. The Balaban J connectivity index is 2.36. The number of unbranched alkanes of at least 4 members (excludes halogenated alkanes) is 3.